The fourth-order valence-corrected chi connectivity index (χ4v) is 3.08. The Labute approximate surface area is 166 Å². The predicted molar refractivity (Wildman–Crippen MR) is 103 cm³/mol. The van der Waals surface area contributed by atoms with Gasteiger partial charge in [0.15, 0.2) is 5.82 Å². The van der Waals surface area contributed by atoms with Crippen molar-refractivity contribution in [1.29, 1.82) is 0 Å². The van der Waals surface area contributed by atoms with E-state index in [4.69, 9.17) is 0 Å². The van der Waals surface area contributed by atoms with Crippen LogP contribution in [0.1, 0.15) is 16.8 Å². The van der Waals surface area contributed by atoms with Gasteiger partial charge in [-0.15, -0.1) is 0 Å². The molecule has 0 bridgehead atoms. The minimum absolute atomic E-state index is 0.0510. The molecule has 0 spiro atoms. The molecule has 2 aromatic rings. The number of halogens is 1. The summed E-state index contributed by atoms with van der Waals surface area (Å²) in [5.41, 5.74) is 0.379. The molecule has 1 saturated heterocycles. The van der Waals surface area contributed by atoms with Crippen LogP contribution in [0, 0.1) is 5.82 Å². The fourth-order valence-electron chi connectivity index (χ4n) is 3.08. The highest BCUT2D eigenvalue weighted by Crippen LogP contribution is 2.22. The number of carbonyl (C=O) groups excluding carboxylic acids is 3. The molecule has 3 amide bonds. The monoisotopic (exact) mass is 400 g/mol. The third kappa shape index (κ3) is 4.48. The van der Waals surface area contributed by atoms with Crippen molar-refractivity contribution in [2.75, 3.05) is 32.5 Å². The van der Waals surface area contributed by atoms with Crippen LogP contribution >= 0.6 is 0 Å². The lowest BCUT2D eigenvalue weighted by Crippen LogP contribution is -2.58. The van der Waals surface area contributed by atoms with E-state index >= 15 is 0 Å². The van der Waals surface area contributed by atoms with Crippen molar-refractivity contribution in [1.82, 2.24) is 25.5 Å². The van der Waals surface area contributed by atoms with Gasteiger partial charge in [0.25, 0.3) is 5.91 Å². The van der Waals surface area contributed by atoms with Crippen molar-refractivity contribution in [2.24, 2.45) is 0 Å². The molecule has 1 aromatic carbocycles. The summed E-state index contributed by atoms with van der Waals surface area (Å²) >= 11 is 0. The SMILES string of the molecule is CNC(=O)CC1C(=O)NCCN1C(=O)c1cc(F)cc(-c2nccc(NC)n2)c1. The first-order chi connectivity index (χ1) is 13.9. The summed E-state index contributed by atoms with van der Waals surface area (Å²) in [6.07, 6.45) is 1.35. The highest BCUT2D eigenvalue weighted by Gasteiger charge is 2.35. The van der Waals surface area contributed by atoms with Gasteiger partial charge < -0.3 is 20.9 Å². The van der Waals surface area contributed by atoms with Crippen LogP contribution in [0.2, 0.25) is 0 Å². The molecule has 1 aliphatic rings. The van der Waals surface area contributed by atoms with Crippen molar-refractivity contribution in [3.8, 4) is 11.4 Å². The van der Waals surface area contributed by atoms with Crippen LogP contribution in [0.3, 0.4) is 0 Å². The maximum atomic E-state index is 14.3. The zero-order valence-corrected chi connectivity index (χ0v) is 16.0. The molecular weight excluding hydrogens is 379 g/mol. The van der Waals surface area contributed by atoms with Gasteiger partial charge in [0.2, 0.25) is 11.8 Å². The highest BCUT2D eigenvalue weighted by molar-refractivity contribution is 6.00. The topological polar surface area (TPSA) is 116 Å². The Morgan fingerprint density at radius 2 is 2.10 bits per heavy atom. The number of hydrogen-bond acceptors (Lipinski definition) is 6. The number of piperazine rings is 1. The highest BCUT2D eigenvalue weighted by atomic mass is 19.1. The molecule has 1 aromatic heterocycles. The molecule has 10 heteroatoms. The summed E-state index contributed by atoms with van der Waals surface area (Å²) < 4.78 is 14.3. The fraction of sp³-hybridized carbons (Fsp3) is 0.316. The molecule has 0 aliphatic carbocycles. The normalized spacial score (nSPS) is 16.2. The van der Waals surface area contributed by atoms with E-state index in [-0.39, 0.29) is 36.8 Å². The first-order valence-electron chi connectivity index (χ1n) is 9.04. The molecule has 1 fully saturated rings. The number of hydrogen-bond donors (Lipinski definition) is 3. The van der Waals surface area contributed by atoms with Crippen LogP contribution in [0.15, 0.2) is 30.5 Å². The largest absolute Gasteiger partial charge is 0.373 e. The van der Waals surface area contributed by atoms with Crippen molar-refractivity contribution in [2.45, 2.75) is 12.5 Å². The van der Waals surface area contributed by atoms with E-state index in [1.165, 1.54) is 30.3 Å². The number of amides is 3. The Balaban J connectivity index is 1.94. The molecule has 1 aliphatic heterocycles. The summed E-state index contributed by atoms with van der Waals surface area (Å²) in [6, 6.07) is 4.49. The van der Waals surface area contributed by atoms with Gasteiger partial charge in [-0.25, -0.2) is 14.4 Å². The van der Waals surface area contributed by atoms with Crippen LogP contribution in [-0.2, 0) is 9.59 Å². The van der Waals surface area contributed by atoms with E-state index in [1.807, 2.05) is 0 Å². The second-order valence-electron chi connectivity index (χ2n) is 6.43. The Hall–Kier alpha value is -3.56. The minimum Gasteiger partial charge on any atom is -0.373 e. The smallest absolute Gasteiger partial charge is 0.254 e. The molecule has 0 radical (unpaired) electrons. The minimum atomic E-state index is -0.966. The molecule has 0 saturated carbocycles. The van der Waals surface area contributed by atoms with E-state index in [0.717, 1.165) is 6.07 Å². The number of nitrogens with zero attached hydrogens (tertiary/aromatic N) is 3. The van der Waals surface area contributed by atoms with Crippen LogP contribution in [0.5, 0.6) is 0 Å². The zero-order valence-electron chi connectivity index (χ0n) is 16.0. The van der Waals surface area contributed by atoms with Crippen molar-refractivity contribution >= 4 is 23.5 Å². The molecule has 2 heterocycles. The van der Waals surface area contributed by atoms with Gasteiger partial charge >= 0.3 is 0 Å². The molecule has 29 heavy (non-hydrogen) atoms. The Kier molecular flexibility index (Phi) is 6.01. The van der Waals surface area contributed by atoms with Gasteiger partial charge in [-0.2, -0.15) is 0 Å². The first kappa shape index (κ1) is 20.2. The second-order valence-corrected chi connectivity index (χ2v) is 6.43. The van der Waals surface area contributed by atoms with E-state index in [1.54, 1.807) is 13.1 Å². The third-order valence-corrected chi connectivity index (χ3v) is 4.56. The van der Waals surface area contributed by atoms with Gasteiger partial charge in [-0.3, -0.25) is 14.4 Å². The number of carbonyl (C=O) groups is 3. The maximum Gasteiger partial charge on any atom is 0.254 e. The average molecular weight is 400 g/mol. The molecule has 152 valence electrons. The quantitative estimate of drug-likeness (QED) is 0.669. The number of nitrogens with one attached hydrogen (secondary N) is 3. The Bertz CT molecular complexity index is 951. The van der Waals surface area contributed by atoms with Crippen LogP contribution < -0.4 is 16.0 Å². The van der Waals surface area contributed by atoms with Gasteiger partial charge in [0.1, 0.15) is 17.7 Å². The third-order valence-electron chi connectivity index (χ3n) is 4.56. The Morgan fingerprint density at radius 1 is 1.31 bits per heavy atom. The van der Waals surface area contributed by atoms with Gasteiger partial charge in [0, 0.05) is 44.5 Å². The number of aromatic nitrogens is 2. The predicted octanol–water partition coefficient (Wildman–Crippen LogP) is 0.401. The number of rotatable bonds is 5. The zero-order chi connectivity index (χ0) is 21.0. The van der Waals surface area contributed by atoms with Crippen LogP contribution in [0.4, 0.5) is 10.2 Å². The van der Waals surface area contributed by atoms with Crippen molar-refractivity contribution in [3.63, 3.8) is 0 Å². The van der Waals surface area contributed by atoms with Gasteiger partial charge in [-0.05, 0) is 24.3 Å². The van der Waals surface area contributed by atoms with Crippen LogP contribution in [-0.4, -0.2) is 65.8 Å². The molecule has 1 unspecified atom stereocenters. The molecule has 9 nitrogen and oxygen atoms in total. The van der Waals surface area contributed by atoms with Crippen molar-refractivity contribution in [3.05, 3.63) is 41.8 Å². The lowest BCUT2D eigenvalue weighted by molar-refractivity contribution is -0.132. The molecule has 3 N–H and O–H groups in total. The van der Waals surface area contributed by atoms with E-state index in [2.05, 4.69) is 25.9 Å². The summed E-state index contributed by atoms with van der Waals surface area (Å²) in [6.45, 7) is 0.466. The lowest BCUT2D eigenvalue weighted by atomic mass is 10.0. The van der Waals surface area contributed by atoms with Gasteiger partial charge in [-0.1, -0.05) is 0 Å². The average Bonchev–Trinajstić information content (AvgIpc) is 2.74. The summed E-state index contributed by atoms with van der Waals surface area (Å²) in [5, 5.41) is 7.96. The van der Waals surface area contributed by atoms with E-state index < -0.39 is 23.7 Å². The summed E-state index contributed by atoms with van der Waals surface area (Å²) in [7, 11) is 3.15. The first-order valence-corrected chi connectivity index (χ1v) is 9.04. The van der Waals surface area contributed by atoms with Crippen molar-refractivity contribution < 1.29 is 18.8 Å². The summed E-state index contributed by atoms with van der Waals surface area (Å²) in [5.74, 6) is -1.17. The molecule has 1 atom stereocenters. The van der Waals surface area contributed by atoms with E-state index in [0.29, 0.717) is 11.4 Å². The number of benzene rings is 1. The summed E-state index contributed by atoms with van der Waals surface area (Å²) in [4.78, 5) is 46.8. The van der Waals surface area contributed by atoms with Gasteiger partial charge in [0.05, 0.1) is 6.42 Å². The maximum absolute atomic E-state index is 14.3. The Morgan fingerprint density at radius 3 is 2.83 bits per heavy atom. The molecule has 3 rings (SSSR count). The second kappa shape index (κ2) is 8.63. The number of anilines is 1. The van der Waals surface area contributed by atoms with Crippen LogP contribution in [0.25, 0.3) is 11.4 Å². The standard InChI is InChI=1S/C19H21FN6O3/c1-21-15-3-4-23-17(25-15)11-7-12(9-13(20)8-11)19(29)26-6-5-24-18(28)14(26)10-16(27)22-2/h3-4,7-9,14H,5-6,10H2,1-2H3,(H,22,27)(H,24,28)(H,21,23,25). The van der Waals surface area contributed by atoms with E-state index in [9.17, 15) is 18.8 Å². The molecular formula is C19H21FN6O3. The lowest BCUT2D eigenvalue weighted by Gasteiger charge is -2.34.